The third-order valence-corrected chi connectivity index (χ3v) is 5.19. The molecule has 1 aromatic rings. The van der Waals surface area contributed by atoms with E-state index >= 15 is 0 Å². The van der Waals surface area contributed by atoms with E-state index in [1.54, 1.807) is 26.8 Å². The van der Waals surface area contributed by atoms with Crippen LogP contribution in [-0.2, 0) is 14.3 Å². The number of nitrogens with one attached hydrogen (secondary N) is 2. The summed E-state index contributed by atoms with van der Waals surface area (Å²) in [5, 5.41) is 15.5. The molecule has 3 N–H and O–H groups in total. The average Bonchev–Trinajstić information content (AvgIpc) is 2.68. The molecule has 0 spiro atoms. The lowest BCUT2D eigenvalue weighted by atomic mass is 9.95. The average molecular weight is 478 g/mol. The maximum absolute atomic E-state index is 13.9. The first-order valence-corrected chi connectivity index (χ1v) is 11.9. The van der Waals surface area contributed by atoms with Gasteiger partial charge in [0.1, 0.15) is 17.7 Å². The lowest BCUT2D eigenvalue weighted by molar-refractivity contribution is -0.144. The summed E-state index contributed by atoms with van der Waals surface area (Å²) >= 11 is 0. The quantitative estimate of drug-likeness (QED) is 0.502. The highest BCUT2D eigenvalue weighted by atomic mass is 16.6. The number of alkyl carbamates (subject to hydrolysis) is 1. The van der Waals surface area contributed by atoms with E-state index in [4.69, 9.17) is 4.74 Å². The van der Waals surface area contributed by atoms with Gasteiger partial charge in [-0.05, 0) is 59.9 Å². The first-order chi connectivity index (χ1) is 15.6. The van der Waals surface area contributed by atoms with Gasteiger partial charge in [-0.1, -0.05) is 50.1 Å². The molecule has 1 rings (SSSR count). The van der Waals surface area contributed by atoms with Crippen LogP contribution in [0.15, 0.2) is 24.3 Å². The number of rotatable bonds is 9. The summed E-state index contributed by atoms with van der Waals surface area (Å²) in [5.74, 6) is -1.05. The monoisotopic (exact) mass is 477 g/mol. The van der Waals surface area contributed by atoms with E-state index in [0.29, 0.717) is 12.0 Å². The summed E-state index contributed by atoms with van der Waals surface area (Å²) < 4.78 is 5.38. The lowest BCUT2D eigenvalue weighted by Crippen LogP contribution is -2.56. The normalized spacial score (nSPS) is 14.5. The summed E-state index contributed by atoms with van der Waals surface area (Å²) in [5.41, 5.74) is 0.309. The third kappa shape index (κ3) is 9.33. The Bertz CT molecular complexity index is 842. The molecule has 0 radical (unpaired) electrons. The van der Waals surface area contributed by atoms with Crippen molar-refractivity contribution in [3.8, 4) is 0 Å². The Balaban J connectivity index is 3.48. The highest BCUT2D eigenvalue weighted by molar-refractivity contribution is 5.92. The Labute approximate surface area is 204 Å². The zero-order valence-corrected chi connectivity index (χ0v) is 22.2. The van der Waals surface area contributed by atoms with Crippen molar-refractivity contribution < 1.29 is 24.2 Å². The van der Waals surface area contributed by atoms with Crippen molar-refractivity contribution in [1.82, 2.24) is 15.5 Å². The van der Waals surface area contributed by atoms with Gasteiger partial charge in [-0.3, -0.25) is 9.59 Å². The van der Waals surface area contributed by atoms with E-state index in [0.717, 1.165) is 5.56 Å². The predicted octanol–water partition coefficient (Wildman–Crippen LogP) is 3.71. The van der Waals surface area contributed by atoms with Crippen LogP contribution in [0.2, 0.25) is 0 Å². The van der Waals surface area contributed by atoms with Crippen LogP contribution in [0, 0.1) is 12.8 Å². The van der Waals surface area contributed by atoms with Crippen LogP contribution in [0.4, 0.5) is 4.79 Å². The van der Waals surface area contributed by atoms with Crippen molar-refractivity contribution in [2.24, 2.45) is 5.92 Å². The second kappa shape index (κ2) is 12.2. The molecule has 1 aromatic carbocycles. The van der Waals surface area contributed by atoms with Gasteiger partial charge in [-0.2, -0.15) is 0 Å². The van der Waals surface area contributed by atoms with Crippen LogP contribution in [0.25, 0.3) is 0 Å². The molecular weight excluding hydrogens is 434 g/mol. The predicted molar refractivity (Wildman–Crippen MR) is 133 cm³/mol. The van der Waals surface area contributed by atoms with E-state index in [9.17, 15) is 19.5 Å². The number of amides is 3. The van der Waals surface area contributed by atoms with Gasteiger partial charge in [0.25, 0.3) is 0 Å². The number of carbonyl (C=O) groups excluding carboxylic acids is 3. The molecule has 3 atom stereocenters. The maximum Gasteiger partial charge on any atom is 0.408 e. The molecule has 0 heterocycles. The van der Waals surface area contributed by atoms with Gasteiger partial charge in [0.15, 0.2) is 0 Å². The minimum Gasteiger partial charge on any atom is -0.444 e. The van der Waals surface area contributed by atoms with Crippen LogP contribution in [-0.4, -0.2) is 58.2 Å². The van der Waals surface area contributed by atoms with E-state index in [2.05, 4.69) is 10.6 Å². The maximum atomic E-state index is 13.9. The molecule has 0 aliphatic heterocycles. The first-order valence-electron chi connectivity index (χ1n) is 11.9. The molecule has 3 unspecified atom stereocenters. The fourth-order valence-corrected chi connectivity index (χ4v) is 3.52. The number of benzene rings is 1. The van der Waals surface area contributed by atoms with E-state index in [1.165, 1.54) is 4.90 Å². The van der Waals surface area contributed by atoms with Gasteiger partial charge in [0.05, 0.1) is 6.61 Å². The smallest absolute Gasteiger partial charge is 0.408 e. The fraction of sp³-hybridized carbons (Fsp3) is 0.654. The van der Waals surface area contributed by atoms with Gasteiger partial charge < -0.3 is 25.4 Å². The first kappa shape index (κ1) is 29.4. The molecule has 0 saturated heterocycles. The molecule has 0 saturated carbocycles. The van der Waals surface area contributed by atoms with Gasteiger partial charge >= 0.3 is 6.09 Å². The summed E-state index contributed by atoms with van der Waals surface area (Å²) in [6.45, 7) is 16.1. The number of hydrogen-bond donors (Lipinski definition) is 3. The van der Waals surface area contributed by atoms with Crippen LogP contribution >= 0.6 is 0 Å². The molecule has 0 bridgehead atoms. The molecular formula is C26H43N3O5. The molecule has 3 amide bonds. The molecule has 0 aromatic heterocycles. The number of nitrogens with zero attached hydrogens (tertiary/aromatic N) is 1. The van der Waals surface area contributed by atoms with Crippen LogP contribution < -0.4 is 10.6 Å². The van der Waals surface area contributed by atoms with Crippen molar-refractivity contribution in [3.05, 3.63) is 35.4 Å². The SMILES string of the molecule is CCC(C)C(NC(=O)OC(C)(C)C)C(=O)N(CCO)C(C(=O)NC(C)(C)C)c1cccc(C)c1. The Morgan fingerprint density at radius 1 is 1.12 bits per heavy atom. The summed E-state index contributed by atoms with van der Waals surface area (Å²) in [7, 11) is 0. The lowest BCUT2D eigenvalue weighted by Gasteiger charge is -2.37. The minimum absolute atomic E-state index is 0.0715. The number of hydrogen-bond acceptors (Lipinski definition) is 5. The van der Waals surface area contributed by atoms with Crippen LogP contribution in [0.1, 0.15) is 79.0 Å². The molecule has 8 nitrogen and oxygen atoms in total. The van der Waals surface area contributed by atoms with Gasteiger partial charge in [-0.25, -0.2) is 4.79 Å². The van der Waals surface area contributed by atoms with Crippen molar-refractivity contribution in [2.75, 3.05) is 13.2 Å². The highest BCUT2D eigenvalue weighted by Crippen LogP contribution is 2.26. The number of aryl methyl sites for hydroxylation is 1. The summed E-state index contributed by atoms with van der Waals surface area (Å²) in [6, 6.07) is 5.47. The Hall–Kier alpha value is -2.61. The van der Waals surface area contributed by atoms with E-state index in [1.807, 2.05) is 59.7 Å². The molecule has 0 aliphatic rings. The van der Waals surface area contributed by atoms with Crippen molar-refractivity contribution >= 4 is 17.9 Å². The largest absolute Gasteiger partial charge is 0.444 e. The molecule has 8 heteroatoms. The summed E-state index contributed by atoms with van der Waals surface area (Å²) in [6.07, 6.45) is -0.0935. The van der Waals surface area contributed by atoms with Crippen molar-refractivity contribution in [2.45, 2.75) is 92.0 Å². The second-order valence-electron chi connectivity index (χ2n) is 10.8. The van der Waals surface area contributed by atoms with Crippen LogP contribution in [0.3, 0.4) is 0 Å². The molecule has 0 fully saturated rings. The van der Waals surface area contributed by atoms with Gasteiger partial charge in [0.2, 0.25) is 11.8 Å². The molecule has 34 heavy (non-hydrogen) atoms. The Kier molecular flexibility index (Phi) is 10.6. The second-order valence-corrected chi connectivity index (χ2v) is 10.8. The van der Waals surface area contributed by atoms with E-state index < -0.39 is 35.2 Å². The number of aliphatic hydroxyl groups excluding tert-OH is 1. The molecule has 0 aliphatic carbocycles. The zero-order chi connectivity index (χ0) is 26.3. The van der Waals surface area contributed by atoms with Crippen molar-refractivity contribution in [1.29, 1.82) is 0 Å². The summed E-state index contributed by atoms with van der Waals surface area (Å²) in [4.78, 5) is 41.2. The Morgan fingerprint density at radius 3 is 2.21 bits per heavy atom. The van der Waals surface area contributed by atoms with E-state index in [-0.39, 0.29) is 25.0 Å². The number of carbonyl (C=O) groups is 3. The fourth-order valence-electron chi connectivity index (χ4n) is 3.52. The standard InChI is InChI=1S/C26H43N3O5/c1-10-18(3)20(27-24(33)34-26(7,8)9)23(32)29(14-15-30)21(22(31)28-25(4,5)6)19-13-11-12-17(2)16-19/h11-13,16,18,20-21,30H,10,14-15H2,1-9H3,(H,27,33)(H,28,31). The zero-order valence-electron chi connectivity index (χ0n) is 22.2. The topological polar surface area (TPSA) is 108 Å². The van der Waals surface area contributed by atoms with Crippen molar-refractivity contribution in [3.63, 3.8) is 0 Å². The third-order valence-electron chi connectivity index (χ3n) is 5.19. The highest BCUT2D eigenvalue weighted by Gasteiger charge is 2.38. The number of aliphatic hydroxyl groups is 1. The Morgan fingerprint density at radius 2 is 1.74 bits per heavy atom. The number of ether oxygens (including phenoxy) is 1. The minimum atomic E-state index is -0.981. The van der Waals surface area contributed by atoms with Gasteiger partial charge in [-0.15, -0.1) is 0 Å². The molecule has 192 valence electrons. The van der Waals surface area contributed by atoms with Crippen LogP contribution in [0.5, 0.6) is 0 Å². The van der Waals surface area contributed by atoms with Gasteiger partial charge in [0, 0.05) is 12.1 Å².